The van der Waals surface area contributed by atoms with Crippen LogP contribution in [0.4, 0.5) is 13.2 Å². The lowest BCUT2D eigenvalue weighted by atomic mass is 9.85. The molecule has 8 nitrogen and oxygen atoms in total. The summed E-state index contributed by atoms with van der Waals surface area (Å²) < 4.78 is 55.9. The summed E-state index contributed by atoms with van der Waals surface area (Å²) in [6, 6.07) is 5.29. The number of hydrogen-bond donors (Lipinski definition) is 1. The van der Waals surface area contributed by atoms with Gasteiger partial charge in [0, 0.05) is 40.8 Å². The number of Topliss-reactive ketones (excluding diaryl/α,β-unsaturated/α-hetero) is 1. The molecule has 3 heterocycles. The number of ketones is 1. The van der Waals surface area contributed by atoms with Gasteiger partial charge < -0.3 is 19.3 Å². The SMILES string of the molecule is Cc1cc(C(=O)NC2(C(=O)C[C@H](C)c3ncc(-c4cc(Cl)cc(Cl)c4OCC(F)F)cc3F)COC2)on1. The van der Waals surface area contributed by atoms with Gasteiger partial charge in [0.05, 0.1) is 29.6 Å². The number of aromatic nitrogens is 2. The second-order valence-corrected chi connectivity index (χ2v) is 9.79. The maximum absolute atomic E-state index is 15.2. The molecule has 0 spiro atoms. The average Bonchev–Trinajstić information content (AvgIpc) is 3.26. The molecule has 0 bridgehead atoms. The van der Waals surface area contributed by atoms with Gasteiger partial charge in [0.2, 0.25) is 5.76 Å². The van der Waals surface area contributed by atoms with Crippen LogP contribution in [0.2, 0.25) is 10.0 Å². The van der Waals surface area contributed by atoms with E-state index in [0.29, 0.717) is 5.69 Å². The van der Waals surface area contributed by atoms with E-state index in [1.165, 1.54) is 24.4 Å². The number of hydrogen-bond acceptors (Lipinski definition) is 7. The molecular formula is C25H22Cl2F3N3O5. The Bertz CT molecular complexity index is 1360. The lowest BCUT2D eigenvalue weighted by molar-refractivity contribution is -0.144. The summed E-state index contributed by atoms with van der Waals surface area (Å²) in [5.74, 6) is -2.52. The molecule has 3 aromatic rings. The van der Waals surface area contributed by atoms with Gasteiger partial charge in [-0.25, -0.2) is 13.2 Å². The fraction of sp³-hybridized carbons (Fsp3) is 0.360. The summed E-state index contributed by atoms with van der Waals surface area (Å²) in [6.07, 6.45) is -1.58. The quantitative estimate of drug-likeness (QED) is 0.347. The van der Waals surface area contributed by atoms with Gasteiger partial charge in [-0.05, 0) is 25.1 Å². The molecule has 1 aliphatic heterocycles. The summed E-state index contributed by atoms with van der Waals surface area (Å²) in [5.41, 5.74) is -0.404. The molecule has 202 valence electrons. The number of pyridine rings is 1. The minimum absolute atomic E-state index is 0.00199. The van der Waals surface area contributed by atoms with Crippen molar-refractivity contribution in [2.24, 2.45) is 0 Å². The van der Waals surface area contributed by atoms with E-state index in [1.54, 1.807) is 13.8 Å². The first kappa shape index (κ1) is 27.9. The number of halogens is 5. The largest absolute Gasteiger partial charge is 0.485 e. The standard InChI is InChI=1S/C25H22Cl2F3N3O5/c1-12(3-20(34)25(10-36-11-25)32-24(35)19-4-13(2)33-38-19)22-18(28)5-14(8-31-22)16-6-15(26)7-17(27)23(16)37-9-21(29)30/h4-8,12,21H,3,9-11H2,1-2H3,(H,32,35)/t12-/m0/s1. The lowest BCUT2D eigenvalue weighted by Crippen LogP contribution is -2.67. The maximum atomic E-state index is 15.2. The predicted octanol–water partition coefficient (Wildman–Crippen LogP) is 5.40. The zero-order chi connectivity index (χ0) is 27.6. The Labute approximate surface area is 225 Å². The van der Waals surface area contributed by atoms with Crippen LogP contribution < -0.4 is 10.1 Å². The van der Waals surface area contributed by atoms with Crippen LogP contribution >= 0.6 is 23.2 Å². The first-order valence-electron chi connectivity index (χ1n) is 11.4. The van der Waals surface area contributed by atoms with Crippen molar-refractivity contribution in [1.82, 2.24) is 15.5 Å². The molecule has 0 radical (unpaired) electrons. The fourth-order valence-corrected chi connectivity index (χ4v) is 4.50. The molecule has 38 heavy (non-hydrogen) atoms. The lowest BCUT2D eigenvalue weighted by Gasteiger charge is -2.40. The molecule has 1 saturated heterocycles. The summed E-state index contributed by atoms with van der Waals surface area (Å²) in [7, 11) is 0. The Hall–Kier alpha value is -3.15. The van der Waals surface area contributed by atoms with E-state index in [2.05, 4.69) is 15.5 Å². The Morgan fingerprint density at radius 2 is 1.95 bits per heavy atom. The van der Waals surface area contributed by atoms with Crippen molar-refractivity contribution >= 4 is 34.9 Å². The van der Waals surface area contributed by atoms with Gasteiger partial charge in [-0.3, -0.25) is 14.6 Å². The number of nitrogens with zero attached hydrogens (tertiary/aromatic N) is 2. The predicted molar refractivity (Wildman–Crippen MR) is 131 cm³/mol. The van der Waals surface area contributed by atoms with E-state index >= 15 is 4.39 Å². The Morgan fingerprint density at radius 3 is 2.53 bits per heavy atom. The van der Waals surface area contributed by atoms with Crippen molar-refractivity contribution in [3.63, 3.8) is 0 Å². The zero-order valence-corrected chi connectivity index (χ0v) is 21.7. The van der Waals surface area contributed by atoms with Gasteiger partial charge >= 0.3 is 0 Å². The fourth-order valence-electron chi connectivity index (χ4n) is 3.95. The molecule has 1 atom stereocenters. The highest BCUT2D eigenvalue weighted by Gasteiger charge is 2.47. The van der Waals surface area contributed by atoms with Gasteiger partial charge in [0.1, 0.15) is 23.7 Å². The van der Waals surface area contributed by atoms with E-state index in [9.17, 15) is 18.4 Å². The van der Waals surface area contributed by atoms with Crippen molar-refractivity contribution in [2.75, 3.05) is 19.8 Å². The van der Waals surface area contributed by atoms with Gasteiger partial charge in [0.15, 0.2) is 5.78 Å². The number of benzene rings is 1. The molecule has 4 rings (SSSR count). The highest BCUT2D eigenvalue weighted by atomic mass is 35.5. The van der Waals surface area contributed by atoms with E-state index in [1.807, 2.05) is 0 Å². The Balaban J connectivity index is 1.52. The first-order chi connectivity index (χ1) is 18.0. The topological polar surface area (TPSA) is 104 Å². The normalized spacial score (nSPS) is 15.2. The monoisotopic (exact) mass is 571 g/mol. The number of ether oxygens (including phenoxy) is 2. The highest BCUT2D eigenvalue weighted by molar-refractivity contribution is 6.36. The summed E-state index contributed by atoms with van der Waals surface area (Å²) in [6.45, 7) is 2.28. The van der Waals surface area contributed by atoms with Crippen LogP contribution in [0, 0.1) is 12.7 Å². The minimum Gasteiger partial charge on any atom is -0.485 e. The van der Waals surface area contributed by atoms with E-state index in [-0.39, 0.29) is 63.8 Å². The second kappa shape index (κ2) is 11.3. The van der Waals surface area contributed by atoms with Crippen molar-refractivity contribution in [1.29, 1.82) is 0 Å². The average molecular weight is 572 g/mol. The third-order valence-electron chi connectivity index (χ3n) is 5.94. The molecule has 1 aromatic carbocycles. The molecule has 0 aliphatic carbocycles. The smallest absolute Gasteiger partial charge is 0.290 e. The van der Waals surface area contributed by atoms with Crippen LogP contribution in [0.3, 0.4) is 0 Å². The molecule has 0 unspecified atom stereocenters. The van der Waals surface area contributed by atoms with Crippen LogP contribution in [0.1, 0.15) is 41.2 Å². The number of amides is 1. The van der Waals surface area contributed by atoms with Crippen molar-refractivity contribution in [3.8, 4) is 16.9 Å². The van der Waals surface area contributed by atoms with E-state index in [0.717, 1.165) is 6.07 Å². The van der Waals surface area contributed by atoms with Crippen LogP contribution in [-0.4, -0.2) is 53.6 Å². The van der Waals surface area contributed by atoms with Crippen LogP contribution in [0.15, 0.2) is 35.0 Å². The summed E-state index contributed by atoms with van der Waals surface area (Å²) in [5, 5.41) is 6.47. The van der Waals surface area contributed by atoms with Crippen molar-refractivity contribution in [3.05, 3.63) is 63.5 Å². The number of carbonyl (C=O) groups is 2. The zero-order valence-electron chi connectivity index (χ0n) is 20.2. The first-order valence-corrected chi connectivity index (χ1v) is 12.2. The summed E-state index contributed by atoms with van der Waals surface area (Å²) >= 11 is 12.2. The van der Waals surface area contributed by atoms with Crippen LogP contribution in [0.25, 0.3) is 11.1 Å². The highest BCUT2D eigenvalue weighted by Crippen LogP contribution is 2.40. The number of nitrogens with one attached hydrogen (secondary N) is 1. The third kappa shape index (κ3) is 5.95. The van der Waals surface area contributed by atoms with Crippen LogP contribution in [-0.2, 0) is 9.53 Å². The number of alkyl halides is 2. The molecule has 1 N–H and O–H groups in total. The molecule has 1 fully saturated rings. The molecule has 2 aromatic heterocycles. The molecule has 1 amide bonds. The van der Waals surface area contributed by atoms with E-state index < -0.39 is 36.2 Å². The minimum atomic E-state index is -2.75. The van der Waals surface area contributed by atoms with Gasteiger partial charge in [0.25, 0.3) is 12.3 Å². The van der Waals surface area contributed by atoms with Gasteiger partial charge in [-0.1, -0.05) is 35.3 Å². The van der Waals surface area contributed by atoms with Gasteiger partial charge in [-0.2, -0.15) is 0 Å². The molecule has 0 saturated carbocycles. The molecule has 1 aliphatic rings. The molecule has 13 heteroatoms. The maximum Gasteiger partial charge on any atom is 0.290 e. The Morgan fingerprint density at radius 1 is 1.21 bits per heavy atom. The van der Waals surface area contributed by atoms with Crippen LogP contribution in [0.5, 0.6) is 5.75 Å². The van der Waals surface area contributed by atoms with E-state index in [4.69, 9.17) is 37.2 Å². The third-order valence-corrected chi connectivity index (χ3v) is 6.44. The molecular weight excluding hydrogens is 550 g/mol. The number of carbonyl (C=O) groups excluding carboxylic acids is 2. The summed E-state index contributed by atoms with van der Waals surface area (Å²) in [4.78, 5) is 29.8. The van der Waals surface area contributed by atoms with Crippen molar-refractivity contribution < 1.29 is 36.8 Å². The van der Waals surface area contributed by atoms with Crippen molar-refractivity contribution in [2.45, 2.75) is 38.2 Å². The number of aryl methyl sites for hydroxylation is 1. The number of rotatable bonds is 10. The Kier molecular flexibility index (Phi) is 8.29. The van der Waals surface area contributed by atoms with Gasteiger partial charge in [-0.15, -0.1) is 0 Å². The second-order valence-electron chi connectivity index (χ2n) is 8.95.